The van der Waals surface area contributed by atoms with Gasteiger partial charge in [0, 0.05) is 11.3 Å². The number of furan rings is 1. The molecule has 0 aliphatic carbocycles. The molecule has 0 atom stereocenters. The van der Waals surface area contributed by atoms with Gasteiger partial charge in [-0.3, -0.25) is 9.59 Å². The van der Waals surface area contributed by atoms with Crippen LogP contribution in [0.5, 0.6) is 0 Å². The number of hydrogen-bond donors (Lipinski definition) is 2. The summed E-state index contributed by atoms with van der Waals surface area (Å²) in [5.74, 6) is 0.482. The first-order chi connectivity index (χ1) is 13.7. The van der Waals surface area contributed by atoms with Gasteiger partial charge < -0.3 is 19.6 Å². The zero-order valence-corrected chi connectivity index (χ0v) is 15.2. The van der Waals surface area contributed by atoms with Crippen LogP contribution < -0.4 is 10.6 Å². The Labute approximate surface area is 163 Å². The van der Waals surface area contributed by atoms with Gasteiger partial charge in [0.1, 0.15) is 0 Å². The third-order valence-corrected chi connectivity index (χ3v) is 4.60. The molecule has 4 aromatic rings. The minimum absolute atomic E-state index is 0.0921. The van der Waals surface area contributed by atoms with Gasteiger partial charge in [0.15, 0.2) is 11.6 Å². The van der Waals surface area contributed by atoms with E-state index in [1.807, 2.05) is 5.38 Å². The molecule has 3 heterocycles. The molecule has 3 aromatic heterocycles. The maximum absolute atomic E-state index is 12.4. The van der Waals surface area contributed by atoms with Crippen molar-refractivity contribution in [2.24, 2.45) is 0 Å². The highest BCUT2D eigenvalue weighted by atomic mass is 32.1. The first-order valence-corrected chi connectivity index (χ1v) is 9.16. The molecule has 4 rings (SSSR count). The molecule has 2 amide bonds. The SMILES string of the molecule is O=C(NCc1noc(-c2ccco2)n1)c1cccc(NC(=O)c2cccs2)c1. The van der Waals surface area contributed by atoms with Crippen LogP contribution in [-0.4, -0.2) is 22.0 Å². The van der Waals surface area contributed by atoms with E-state index in [1.165, 1.54) is 17.6 Å². The fraction of sp³-hybridized carbons (Fsp3) is 0.0526. The molecule has 28 heavy (non-hydrogen) atoms. The topological polar surface area (TPSA) is 110 Å². The smallest absolute Gasteiger partial charge is 0.293 e. The van der Waals surface area contributed by atoms with Crippen molar-refractivity contribution in [1.82, 2.24) is 15.5 Å². The Hall–Kier alpha value is -3.72. The molecular weight excluding hydrogens is 380 g/mol. The van der Waals surface area contributed by atoms with E-state index in [4.69, 9.17) is 8.94 Å². The summed E-state index contributed by atoms with van der Waals surface area (Å²) in [6, 6.07) is 13.6. The third kappa shape index (κ3) is 3.99. The van der Waals surface area contributed by atoms with Crippen LogP contribution in [0, 0.1) is 0 Å². The number of hydrogen-bond acceptors (Lipinski definition) is 7. The third-order valence-electron chi connectivity index (χ3n) is 3.73. The van der Waals surface area contributed by atoms with Crippen LogP contribution >= 0.6 is 11.3 Å². The van der Waals surface area contributed by atoms with Gasteiger partial charge in [0.25, 0.3) is 17.7 Å². The number of nitrogens with one attached hydrogen (secondary N) is 2. The second-order valence-corrected chi connectivity index (χ2v) is 6.64. The van der Waals surface area contributed by atoms with Crippen LogP contribution in [-0.2, 0) is 6.54 Å². The van der Waals surface area contributed by atoms with Gasteiger partial charge >= 0.3 is 0 Å². The van der Waals surface area contributed by atoms with E-state index >= 15 is 0 Å². The number of carbonyl (C=O) groups excluding carboxylic acids is 2. The Morgan fingerprint density at radius 3 is 2.79 bits per heavy atom. The van der Waals surface area contributed by atoms with Crippen molar-refractivity contribution in [1.29, 1.82) is 0 Å². The number of thiophene rings is 1. The molecule has 0 aliphatic heterocycles. The molecule has 9 heteroatoms. The zero-order chi connectivity index (χ0) is 19.3. The molecule has 0 bridgehead atoms. The normalized spacial score (nSPS) is 10.6. The van der Waals surface area contributed by atoms with Crippen LogP contribution in [0.3, 0.4) is 0 Å². The van der Waals surface area contributed by atoms with Crippen molar-refractivity contribution in [3.05, 3.63) is 76.4 Å². The average molecular weight is 394 g/mol. The van der Waals surface area contributed by atoms with Crippen molar-refractivity contribution in [2.75, 3.05) is 5.32 Å². The van der Waals surface area contributed by atoms with Crippen LogP contribution in [0.4, 0.5) is 5.69 Å². The molecule has 0 saturated heterocycles. The Morgan fingerprint density at radius 2 is 2.00 bits per heavy atom. The van der Waals surface area contributed by atoms with Crippen molar-refractivity contribution >= 4 is 28.8 Å². The maximum Gasteiger partial charge on any atom is 0.293 e. The molecular formula is C19H14N4O4S. The Bertz CT molecular complexity index is 1090. The van der Waals surface area contributed by atoms with E-state index in [-0.39, 0.29) is 24.2 Å². The number of rotatable bonds is 6. The van der Waals surface area contributed by atoms with E-state index in [0.717, 1.165) is 0 Å². The minimum Gasteiger partial charge on any atom is -0.459 e. The van der Waals surface area contributed by atoms with E-state index in [2.05, 4.69) is 20.8 Å². The number of anilines is 1. The highest BCUT2D eigenvalue weighted by Gasteiger charge is 2.13. The molecule has 1 aromatic carbocycles. The second kappa shape index (κ2) is 7.89. The summed E-state index contributed by atoms with van der Waals surface area (Å²) in [6.45, 7) is 0.0921. The number of aromatic nitrogens is 2. The van der Waals surface area contributed by atoms with E-state index < -0.39 is 0 Å². The molecule has 140 valence electrons. The standard InChI is InChI=1S/C19H14N4O4S/c24-17(20-11-16-22-19(27-23-16)14-6-2-8-26-14)12-4-1-5-13(10-12)21-18(25)15-7-3-9-28-15/h1-10H,11H2,(H,20,24)(H,21,25). The van der Waals surface area contributed by atoms with Gasteiger partial charge in [-0.15, -0.1) is 11.3 Å². The minimum atomic E-state index is -0.323. The number of benzene rings is 1. The van der Waals surface area contributed by atoms with Gasteiger partial charge in [-0.1, -0.05) is 17.3 Å². The second-order valence-electron chi connectivity index (χ2n) is 5.69. The van der Waals surface area contributed by atoms with Gasteiger partial charge in [0.2, 0.25) is 0 Å². The summed E-state index contributed by atoms with van der Waals surface area (Å²) >= 11 is 1.35. The maximum atomic E-state index is 12.4. The molecule has 0 aliphatic rings. The fourth-order valence-corrected chi connectivity index (χ4v) is 3.05. The number of nitrogens with zero attached hydrogens (tertiary/aromatic N) is 2. The number of carbonyl (C=O) groups is 2. The van der Waals surface area contributed by atoms with Crippen molar-refractivity contribution < 1.29 is 18.5 Å². The van der Waals surface area contributed by atoms with Crippen molar-refractivity contribution in [3.8, 4) is 11.7 Å². The van der Waals surface area contributed by atoms with Gasteiger partial charge in [-0.25, -0.2) is 0 Å². The van der Waals surface area contributed by atoms with E-state index in [1.54, 1.807) is 48.5 Å². The average Bonchev–Trinajstić information content (AvgIpc) is 3.48. The Kier molecular flexibility index (Phi) is 4.98. The fourth-order valence-electron chi connectivity index (χ4n) is 2.43. The lowest BCUT2D eigenvalue weighted by Crippen LogP contribution is -2.23. The lowest BCUT2D eigenvalue weighted by molar-refractivity contribution is 0.0948. The predicted octanol–water partition coefficient (Wildman–Crippen LogP) is 3.57. The molecule has 0 saturated carbocycles. The Morgan fingerprint density at radius 1 is 1.07 bits per heavy atom. The molecule has 8 nitrogen and oxygen atoms in total. The molecule has 0 radical (unpaired) electrons. The largest absolute Gasteiger partial charge is 0.459 e. The van der Waals surface area contributed by atoms with Crippen LogP contribution in [0.1, 0.15) is 25.9 Å². The van der Waals surface area contributed by atoms with E-state index in [9.17, 15) is 9.59 Å². The lowest BCUT2D eigenvalue weighted by atomic mass is 10.2. The van der Waals surface area contributed by atoms with Gasteiger partial charge in [0.05, 0.1) is 17.7 Å². The number of amides is 2. The first kappa shape index (κ1) is 17.7. The van der Waals surface area contributed by atoms with Crippen LogP contribution in [0.2, 0.25) is 0 Å². The van der Waals surface area contributed by atoms with Gasteiger partial charge in [-0.05, 0) is 41.8 Å². The summed E-state index contributed by atoms with van der Waals surface area (Å²) in [5.41, 5.74) is 0.935. The van der Waals surface area contributed by atoms with Crippen molar-refractivity contribution in [2.45, 2.75) is 6.54 Å². The van der Waals surface area contributed by atoms with E-state index in [0.29, 0.717) is 27.7 Å². The van der Waals surface area contributed by atoms with Crippen LogP contribution in [0.25, 0.3) is 11.7 Å². The lowest BCUT2D eigenvalue weighted by Gasteiger charge is -2.07. The summed E-state index contributed by atoms with van der Waals surface area (Å²) < 4.78 is 10.3. The monoisotopic (exact) mass is 394 g/mol. The summed E-state index contributed by atoms with van der Waals surface area (Å²) in [7, 11) is 0. The van der Waals surface area contributed by atoms with Crippen molar-refractivity contribution in [3.63, 3.8) is 0 Å². The van der Waals surface area contributed by atoms with Crippen LogP contribution in [0.15, 0.2) is 69.1 Å². The highest BCUT2D eigenvalue weighted by molar-refractivity contribution is 7.12. The first-order valence-electron chi connectivity index (χ1n) is 8.28. The molecule has 0 fully saturated rings. The zero-order valence-electron chi connectivity index (χ0n) is 14.4. The summed E-state index contributed by atoms with van der Waals surface area (Å²) in [5, 5.41) is 11.1. The molecule has 0 spiro atoms. The predicted molar refractivity (Wildman–Crippen MR) is 102 cm³/mol. The summed E-state index contributed by atoms with van der Waals surface area (Å²) in [4.78, 5) is 29.3. The highest BCUT2D eigenvalue weighted by Crippen LogP contribution is 2.17. The van der Waals surface area contributed by atoms with Gasteiger partial charge in [-0.2, -0.15) is 4.98 Å². The summed E-state index contributed by atoms with van der Waals surface area (Å²) in [6.07, 6.45) is 1.51. The molecule has 0 unspecified atom stereocenters. The quantitative estimate of drug-likeness (QED) is 0.517. The molecule has 2 N–H and O–H groups in total. The Balaban J connectivity index is 1.38.